The molecule has 27 heavy (non-hydrogen) atoms. The molecule has 2 amide bonds. The number of aromatic nitrogens is 2. The maximum atomic E-state index is 12.2. The molecule has 1 heterocycles. The number of hydrogen-bond donors (Lipinski definition) is 2. The van der Waals surface area contributed by atoms with Gasteiger partial charge in [0.1, 0.15) is 0 Å². The van der Waals surface area contributed by atoms with Gasteiger partial charge in [-0.15, -0.1) is 0 Å². The molecule has 6 heteroatoms. The van der Waals surface area contributed by atoms with Crippen molar-refractivity contribution in [2.45, 2.75) is 6.54 Å². The van der Waals surface area contributed by atoms with E-state index >= 15 is 0 Å². The van der Waals surface area contributed by atoms with Crippen LogP contribution in [0.1, 0.15) is 21.5 Å². The second-order valence-corrected chi connectivity index (χ2v) is 5.93. The van der Waals surface area contributed by atoms with Crippen molar-refractivity contribution in [1.29, 1.82) is 0 Å². The van der Waals surface area contributed by atoms with Gasteiger partial charge in [0.2, 0.25) is 5.91 Å². The van der Waals surface area contributed by atoms with Crippen LogP contribution in [0.3, 0.4) is 0 Å². The van der Waals surface area contributed by atoms with Gasteiger partial charge in [0.25, 0.3) is 5.91 Å². The van der Waals surface area contributed by atoms with Gasteiger partial charge in [0.15, 0.2) is 0 Å². The van der Waals surface area contributed by atoms with E-state index < -0.39 is 0 Å². The van der Waals surface area contributed by atoms with Crippen molar-refractivity contribution in [3.8, 4) is 0 Å². The van der Waals surface area contributed by atoms with Crippen LogP contribution in [0.25, 0.3) is 6.08 Å². The summed E-state index contributed by atoms with van der Waals surface area (Å²) in [5.74, 6) is -0.361. The number of rotatable bonds is 6. The van der Waals surface area contributed by atoms with E-state index in [-0.39, 0.29) is 11.8 Å². The molecule has 0 unspecified atom stereocenters. The van der Waals surface area contributed by atoms with Gasteiger partial charge in [-0.3, -0.25) is 14.3 Å². The molecule has 6 nitrogen and oxygen atoms in total. The number of carbonyl (C=O) groups is 2. The number of benzene rings is 2. The fourth-order valence-corrected chi connectivity index (χ4v) is 2.57. The van der Waals surface area contributed by atoms with Gasteiger partial charge in [-0.05, 0) is 47.5 Å². The van der Waals surface area contributed by atoms with Crippen molar-refractivity contribution >= 4 is 23.6 Å². The second kappa shape index (κ2) is 8.62. The summed E-state index contributed by atoms with van der Waals surface area (Å²) in [7, 11) is 1.59. The summed E-state index contributed by atoms with van der Waals surface area (Å²) in [4.78, 5) is 23.7. The molecule has 136 valence electrons. The highest BCUT2D eigenvalue weighted by molar-refractivity contribution is 6.02. The summed E-state index contributed by atoms with van der Waals surface area (Å²) >= 11 is 0. The van der Waals surface area contributed by atoms with Gasteiger partial charge in [0.05, 0.1) is 6.54 Å². The average Bonchev–Trinajstić information content (AvgIpc) is 3.19. The van der Waals surface area contributed by atoms with Gasteiger partial charge in [-0.2, -0.15) is 5.10 Å². The topological polar surface area (TPSA) is 76.0 Å². The zero-order valence-corrected chi connectivity index (χ0v) is 14.9. The first kappa shape index (κ1) is 18.1. The number of carbonyl (C=O) groups excluding carboxylic acids is 2. The van der Waals surface area contributed by atoms with Gasteiger partial charge in [0, 0.05) is 36.8 Å². The van der Waals surface area contributed by atoms with E-state index in [0.717, 1.165) is 16.8 Å². The van der Waals surface area contributed by atoms with Crippen molar-refractivity contribution in [3.63, 3.8) is 0 Å². The molecule has 2 aromatic carbocycles. The van der Waals surface area contributed by atoms with Gasteiger partial charge in [-0.1, -0.05) is 24.3 Å². The molecule has 0 atom stereocenters. The fraction of sp³-hybridized carbons (Fsp3) is 0.0952. The van der Waals surface area contributed by atoms with Gasteiger partial charge >= 0.3 is 0 Å². The highest BCUT2D eigenvalue weighted by atomic mass is 16.2. The summed E-state index contributed by atoms with van der Waals surface area (Å²) in [5, 5.41) is 9.60. The maximum absolute atomic E-state index is 12.2. The SMILES string of the molecule is CNC(=O)c1ccc(/C=C/C(=O)Nc2cccc(Cn3cccn3)c2)cc1. The normalized spacial score (nSPS) is 10.7. The van der Waals surface area contributed by atoms with E-state index in [1.807, 2.05) is 41.2 Å². The molecule has 0 bridgehead atoms. The Morgan fingerprint density at radius 1 is 1.11 bits per heavy atom. The largest absolute Gasteiger partial charge is 0.355 e. The van der Waals surface area contributed by atoms with Crippen molar-refractivity contribution in [3.05, 3.63) is 89.8 Å². The highest BCUT2D eigenvalue weighted by Gasteiger charge is 2.03. The predicted molar refractivity (Wildman–Crippen MR) is 105 cm³/mol. The predicted octanol–water partition coefficient (Wildman–Crippen LogP) is 2.94. The lowest BCUT2D eigenvalue weighted by Crippen LogP contribution is -2.17. The Kier molecular flexibility index (Phi) is 5.79. The highest BCUT2D eigenvalue weighted by Crippen LogP contribution is 2.12. The molecule has 0 aliphatic rings. The first-order chi connectivity index (χ1) is 13.1. The maximum Gasteiger partial charge on any atom is 0.251 e. The van der Waals surface area contributed by atoms with Crippen LogP contribution < -0.4 is 10.6 Å². The lowest BCUT2D eigenvalue weighted by Gasteiger charge is -2.06. The van der Waals surface area contributed by atoms with Crippen LogP contribution >= 0.6 is 0 Å². The third-order valence-electron chi connectivity index (χ3n) is 3.93. The molecule has 0 aliphatic carbocycles. The van der Waals surface area contributed by atoms with Crippen molar-refractivity contribution in [2.75, 3.05) is 12.4 Å². The average molecular weight is 360 g/mol. The quantitative estimate of drug-likeness (QED) is 0.664. The Morgan fingerprint density at radius 2 is 1.93 bits per heavy atom. The molecule has 2 N–H and O–H groups in total. The minimum atomic E-state index is -0.221. The standard InChI is InChI=1S/C21H20N4O2/c1-22-21(27)18-9-6-16(7-10-18)8-11-20(26)24-19-5-2-4-17(14-19)15-25-13-3-12-23-25/h2-14H,15H2,1H3,(H,22,27)(H,24,26)/b11-8+. The minimum absolute atomic E-state index is 0.140. The Hall–Kier alpha value is -3.67. The summed E-state index contributed by atoms with van der Waals surface area (Å²) in [5.41, 5.74) is 3.19. The number of hydrogen-bond acceptors (Lipinski definition) is 3. The van der Waals surface area contributed by atoms with E-state index in [1.54, 1.807) is 43.6 Å². The molecule has 3 aromatic rings. The third kappa shape index (κ3) is 5.15. The van der Waals surface area contributed by atoms with Gasteiger partial charge < -0.3 is 10.6 Å². The molecule has 3 rings (SSSR count). The molecule has 0 aliphatic heterocycles. The number of anilines is 1. The molecule has 0 saturated carbocycles. The zero-order chi connectivity index (χ0) is 19.1. The first-order valence-electron chi connectivity index (χ1n) is 8.51. The van der Waals surface area contributed by atoms with Crippen molar-refractivity contribution in [1.82, 2.24) is 15.1 Å². The summed E-state index contributed by atoms with van der Waals surface area (Å²) in [6.45, 7) is 0.643. The van der Waals surface area contributed by atoms with Crippen LogP contribution in [0.5, 0.6) is 0 Å². The van der Waals surface area contributed by atoms with Crippen LogP contribution in [0.2, 0.25) is 0 Å². The van der Waals surface area contributed by atoms with Crippen LogP contribution in [-0.4, -0.2) is 28.6 Å². The van der Waals surface area contributed by atoms with E-state index in [0.29, 0.717) is 12.1 Å². The van der Waals surface area contributed by atoms with Gasteiger partial charge in [-0.25, -0.2) is 0 Å². The summed E-state index contributed by atoms with van der Waals surface area (Å²) < 4.78 is 1.82. The monoisotopic (exact) mass is 360 g/mol. The second-order valence-electron chi connectivity index (χ2n) is 5.93. The lowest BCUT2D eigenvalue weighted by molar-refractivity contribution is -0.111. The lowest BCUT2D eigenvalue weighted by atomic mass is 10.1. The Bertz CT molecular complexity index is 945. The number of nitrogens with zero attached hydrogens (tertiary/aromatic N) is 2. The molecule has 1 aromatic heterocycles. The molecule has 0 radical (unpaired) electrons. The van der Waals surface area contributed by atoms with E-state index in [2.05, 4.69) is 15.7 Å². The zero-order valence-electron chi connectivity index (χ0n) is 14.9. The van der Waals surface area contributed by atoms with Crippen LogP contribution in [0.15, 0.2) is 73.1 Å². The number of amides is 2. The van der Waals surface area contributed by atoms with Crippen molar-refractivity contribution in [2.24, 2.45) is 0 Å². The number of nitrogens with one attached hydrogen (secondary N) is 2. The molecule has 0 fully saturated rings. The fourth-order valence-electron chi connectivity index (χ4n) is 2.57. The smallest absolute Gasteiger partial charge is 0.251 e. The molecular weight excluding hydrogens is 340 g/mol. The third-order valence-corrected chi connectivity index (χ3v) is 3.93. The molecule has 0 spiro atoms. The summed E-state index contributed by atoms with van der Waals surface area (Å²) in [6, 6.07) is 16.5. The first-order valence-corrected chi connectivity index (χ1v) is 8.51. The van der Waals surface area contributed by atoms with Crippen LogP contribution in [-0.2, 0) is 11.3 Å². The van der Waals surface area contributed by atoms with E-state index in [9.17, 15) is 9.59 Å². The Morgan fingerprint density at radius 3 is 2.63 bits per heavy atom. The minimum Gasteiger partial charge on any atom is -0.355 e. The molecule has 0 saturated heterocycles. The molecular formula is C21H20N4O2. The van der Waals surface area contributed by atoms with Crippen LogP contribution in [0.4, 0.5) is 5.69 Å². The Labute approximate surface area is 157 Å². The van der Waals surface area contributed by atoms with E-state index in [1.165, 1.54) is 6.08 Å². The van der Waals surface area contributed by atoms with E-state index in [4.69, 9.17) is 0 Å². The summed E-state index contributed by atoms with van der Waals surface area (Å²) in [6.07, 6.45) is 6.80. The van der Waals surface area contributed by atoms with Crippen molar-refractivity contribution < 1.29 is 9.59 Å². The van der Waals surface area contributed by atoms with Crippen LogP contribution in [0, 0.1) is 0 Å². The Balaban J connectivity index is 1.60.